The van der Waals surface area contributed by atoms with Gasteiger partial charge in [-0.3, -0.25) is 0 Å². The lowest BCUT2D eigenvalue weighted by Crippen LogP contribution is -2.59. The van der Waals surface area contributed by atoms with E-state index in [1.54, 1.807) is 0 Å². The van der Waals surface area contributed by atoms with Crippen LogP contribution in [0.3, 0.4) is 0 Å². The molecule has 0 saturated carbocycles. The third-order valence-electron chi connectivity index (χ3n) is 6.01. The minimum absolute atomic E-state index is 0.0114. The Balaban J connectivity index is 1.78. The van der Waals surface area contributed by atoms with Crippen molar-refractivity contribution in [2.45, 2.75) is 30.5 Å². The summed E-state index contributed by atoms with van der Waals surface area (Å²) < 4.78 is 32.9. The van der Waals surface area contributed by atoms with Crippen molar-refractivity contribution in [1.82, 2.24) is 0 Å². The van der Waals surface area contributed by atoms with E-state index >= 15 is 0 Å². The Kier molecular flexibility index (Phi) is 6.71. The lowest BCUT2D eigenvalue weighted by molar-refractivity contribution is -0.235. The largest absolute Gasteiger partial charge is 0.504 e. The van der Waals surface area contributed by atoms with Crippen molar-refractivity contribution in [3.8, 4) is 34.5 Å². The van der Waals surface area contributed by atoms with E-state index in [-0.39, 0.29) is 33.9 Å². The van der Waals surface area contributed by atoms with Crippen LogP contribution in [0.1, 0.15) is 32.4 Å². The number of esters is 2. The average Bonchev–Trinajstić information content (AvgIpc) is 2.87. The van der Waals surface area contributed by atoms with Gasteiger partial charge in [0.1, 0.15) is 18.3 Å². The number of phenols is 3. The van der Waals surface area contributed by atoms with Crippen LogP contribution in [0.4, 0.5) is 0 Å². The molecule has 1 fully saturated rings. The summed E-state index contributed by atoms with van der Waals surface area (Å²) in [5.74, 6) is -4.02. The average molecular weight is 508 g/mol. The van der Waals surface area contributed by atoms with Crippen LogP contribution >= 0.6 is 0 Å². The van der Waals surface area contributed by atoms with E-state index in [2.05, 4.69) is 0 Å². The maximum absolute atomic E-state index is 13.0. The highest BCUT2D eigenvalue weighted by Crippen LogP contribution is 2.51. The van der Waals surface area contributed by atoms with E-state index in [4.69, 9.17) is 28.4 Å². The van der Waals surface area contributed by atoms with Gasteiger partial charge in [-0.15, -0.1) is 0 Å². The number of hydrogen-bond acceptors (Lipinski definition) is 13. The molecule has 0 bridgehead atoms. The van der Waals surface area contributed by atoms with Gasteiger partial charge in [0.05, 0.1) is 39.1 Å². The van der Waals surface area contributed by atoms with Crippen molar-refractivity contribution in [2.75, 3.05) is 27.9 Å². The molecule has 0 amide bonds. The van der Waals surface area contributed by atoms with Gasteiger partial charge in [0.2, 0.25) is 5.75 Å². The number of aliphatic hydroxyl groups is 2. The SMILES string of the molecule is COc1cc2c(c(OC)c1OC)C1OC(CO)C(O)C(OC(=O)c3cc(O)c(O)c(O)c3)C1OC2=O. The molecule has 0 aromatic heterocycles. The third-order valence-corrected chi connectivity index (χ3v) is 6.01. The van der Waals surface area contributed by atoms with Gasteiger partial charge in [0, 0.05) is 5.56 Å². The first-order chi connectivity index (χ1) is 17.2. The number of phenolic OH excluding ortho intramolecular Hbond substituents is 3. The number of hydrogen-bond donors (Lipinski definition) is 5. The highest BCUT2D eigenvalue weighted by Gasteiger charge is 2.54. The molecule has 5 unspecified atom stereocenters. The Morgan fingerprint density at radius 2 is 1.64 bits per heavy atom. The van der Waals surface area contributed by atoms with Crippen molar-refractivity contribution in [1.29, 1.82) is 0 Å². The second-order valence-electron chi connectivity index (χ2n) is 7.98. The van der Waals surface area contributed by atoms with Gasteiger partial charge in [-0.1, -0.05) is 0 Å². The van der Waals surface area contributed by atoms with Crippen molar-refractivity contribution >= 4 is 11.9 Å². The topological polar surface area (TPSA) is 191 Å². The molecule has 0 aliphatic carbocycles. The van der Waals surface area contributed by atoms with Crippen molar-refractivity contribution in [3.63, 3.8) is 0 Å². The van der Waals surface area contributed by atoms with Crippen molar-refractivity contribution in [3.05, 3.63) is 34.9 Å². The Morgan fingerprint density at radius 1 is 1.00 bits per heavy atom. The fourth-order valence-electron chi connectivity index (χ4n) is 4.30. The zero-order valence-electron chi connectivity index (χ0n) is 19.3. The summed E-state index contributed by atoms with van der Waals surface area (Å²) in [6, 6.07) is 3.04. The molecule has 4 rings (SSSR count). The molecule has 0 spiro atoms. The van der Waals surface area contributed by atoms with Gasteiger partial charge < -0.3 is 54.0 Å². The number of benzene rings is 2. The van der Waals surface area contributed by atoms with Crippen LogP contribution in [-0.4, -0.2) is 89.8 Å². The summed E-state index contributed by atoms with van der Waals surface area (Å²) in [4.78, 5) is 25.8. The normalized spacial score (nSPS) is 24.7. The monoisotopic (exact) mass is 508 g/mol. The number of rotatable bonds is 6. The van der Waals surface area contributed by atoms with Gasteiger partial charge in [0.15, 0.2) is 41.0 Å². The summed E-state index contributed by atoms with van der Waals surface area (Å²) in [6.45, 7) is -0.682. The fourth-order valence-corrected chi connectivity index (χ4v) is 4.30. The molecular weight excluding hydrogens is 484 g/mol. The van der Waals surface area contributed by atoms with E-state index in [0.717, 1.165) is 12.1 Å². The van der Waals surface area contributed by atoms with Crippen LogP contribution < -0.4 is 14.2 Å². The maximum atomic E-state index is 13.0. The second kappa shape index (κ2) is 9.60. The van der Waals surface area contributed by atoms with Gasteiger partial charge in [-0.05, 0) is 18.2 Å². The molecular formula is C23H24O13. The number of ether oxygens (including phenoxy) is 6. The maximum Gasteiger partial charge on any atom is 0.339 e. The third kappa shape index (κ3) is 3.96. The van der Waals surface area contributed by atoms with Crippen molar-refractivity contribution in [2.24, 2.45) is 0 Å². The number of carbonyl (C=O) groups excluding carboxylic acids is 2. The molecule has 5 N–H and O–H groups in total. The lowest BCUT2D eigenvalue weighted by atomic mass is 9.85. The predicted molar refractivity (Wildman–Crippen MR) is 117 cm³/mol. The minimum Gasteiger partial charge on any atom is -0.504 e. The molecule has 2 aromatic carbocycles. The van der Waals surface area contributed by atoms with Crippen LogP contribution in [0, 0.1) is 0 Å². The fraction of sp³-hybridized carbons (Fsp3) is 0.391. The number of carbonyl (C=O) groups is 2. The Hall–Kier alpha value is -3.94. The molecule has 13 nitrogen and oxygen atoms in total. The van der Waals surface area contributed by atoms with E-state index < -0.39 is 66.3 Å². The smallest absolute Gasteiger partial charge is 0.339 e. The highest BCUT2D eigenvalue weighted by atomic mass is 16.6. The van der Waals surface area contributed by atoms with Gasteiger partial charge >= 0.3 is 11.9 Å². The van der Waals surface area contributed by atoms with E-state index in [9.17, 15) is 35.1 Å². The van der Waals surface area contributed by atoms with Gasteiger partial charge in [0.25, 0.3) is 0 Å². The molecule has 0 radical (unpaired) electrons. The first-order valence-electron chi connectivity index (χ1n) is 10.6. The van der Waals surface area contributed by atoms with E-state index in [1.807, 2.05) is 0 Å². The van der Waals surface area contributed by atoms with Gasteiger partial charge in [-0.25, -0.2) is 9.59 Å². The van der Waals surface area contributed by atoms with Crippen LogP contribution in [0.2, 0.25) is 0 Å². The summed E-state index contributed by atoms with van der Waals surface area (Å²) in [5.41, 5.74) is -0.190. The predicted octanol–water partition coefficient (Wildman–Crippen LogP) is 0.387. The molecule has 194 valence electrons. The van der Waals surface area contributed by atoms with Crippen molar-refractivity contribution < 1.29 is 63.5 Å². The minimum atomic E-state index is -1.64. The molecule has 5 atom stereocenters. The Morgan fingerprint density at radius 3 is 2.19 bits per heavy atom. The second-order valence-corrected chi connectivity index (χ2v) is 7.98. The molecule has 13 heteroatoms. The molecule has 2 heterocycles. The Labute approximate surface area is 203 Å². The molecule has 2 aliphatic heterocycles. The zero-order valence-corrected chi connectivity index (χ0v) is 19.3. The molecule has 1 saturated heterocycles. The number of fused-ring (bicyclic) bond motifs is 3. The van der Waals surface area contributed by atoms with Crippen LogP contribution in [0.25, 0.3) is 0 Å². The van der Waals surface area contributed by atoms with E-state index in [1.165, 1.54) is 27.4 Å². The standard InChI is InChI=1S/C23H24O13/c1-31-12-6-9-14(18(33-3)17(12)32-2)19-21(36-23(9)30)20(16(28)13(7-24)34-19)35-22(29)8-4-10(25)15(27)11(26)5-8/h4-6,13,16,19-21,24-28H,7H2,1-3H3. The summed E-state index contributed by atoms with van der Waals surface area (Å²) >= 11 is 0. The quantitative estimate of drug-likeness (QED) is 0.266. The van der Waals surface area contributed by atoms with Crippen LogP contribution in [0.15, 0.2) is 18.2 Å². The highest BCUT2D eigenvalue weighted by molar-refractivity contribution is 5.95. The molecule has 36 heavy (non-hydrogen) atoms. The molecule has 2 aliphatic rings. The zero-order chi connectivity index (χ0) is 26.3. The van der Waals surface area contributed by atoms with E-state index in [0.29, 0.717) is 0 Å². The summed E-state index contributed by atoms with van der Waals surface area (Å²) in [7, 11) is 4.06. The first kappa shape index (κ1) is 25.2. The number of methoxy groups -OCH3 is 3. The van der Waals surface area contributed by atoms with Gasteiger partial charge in [-0.2, -0.15) is 0 Å². The molecule has 2 aromatic rings. The number of aliphatic hydroxyl groups excluding tert-OH is 2. The number of aromatic hydroxyl groups is 3. The summed E-state index contributed by atoms with van der Waals surface area (Å²) in [6.07, 6.45) is -7.03. The lowest BCUT2D eigenvalue weighted by Gasteiger charge is -2.45. The Bertz CT molecular complexity index is 1170. The summed E-state index contributed by atoms with van der Waals surface area (Å²) in [5, 5.41) is 49.6. The van der Waals surface area contributed by atoms with Crippen LogP contribution in [0.5, 0.6) is 34.5 Å². The first-order valence-corrected chi connectivity index (χ1v) is 10.6. The van der Waals surface area contributed by atoms with Crippen LogP contribution in [-0.2, 0) is 14.2 Å².